The van der Waals surface area contributed by atoms with Gasteiger partial charge in [-0.25, -0.2) is 9.59 Å². The Morgan fingerprint density at radius 1 is 1.17 bits per heavy atom. The largest absolute Gasteiger partial charge is 0.478 e. The SMILES string of the molecule is COC(=O)c1ccc(OC(=O)C2Cc3cc(Cl)ccc3O2)cc1. The number of esters is 2. The molecule has 1 unspecified atom stereocenters. The average molecular weight is 333 g/mol. The van der Waals surface area contributed by atoms with E-state index in [1.165, 1.54) is 31.4 Å². The lowest BCUT2D eigenvalue weighted by Crippen LogP contribution is -2.29. The molecule has 2 aromatic rings. The maximum atomic E-state index is 12.2. The number of rotatable bonds is 3. The number of hydrogen-bond acceptors (Lipinski definition) is 5. The van der Waals surface area contributed by atoms with Crippen LogP contribution in [0.1, 0.15) is 15.9 Å². The Bertz CT molecular complexity index is 754. The minimum absolute atomic E-state index is 0.334. The smallest absolute Gasteiger partial charge is 0.353 e. The van der Waals surface area contributed by atoms with Gasteiger partial charge in [0.25, 0.3) is 0 Å². The van der Waals surface area contributed by atoms with Crippen molar-refractivity contribution in [3.05, 3.63) is 58.6 Å². The lowest BCUT2D eigenvalue weighted by atomic mass is 10.1. The minimum Gasteiger partial charge on any atom is -0.478 e. The van der Waals surface area contributed by atoms with Crippen LogP contribution in [0.15, 0.2) is 42.5 Å². The summed E-state index contributed by atoms with van der Waals surface area (Å²) < 4.78 is 15.5. The van der Waals surface area contributed by atoms with E-state index in [1.807, 2.05) is 0 Å². The molecule has 0 fully saturated rings. The van der Waals surface area contributed by atoms with Crippen LogP contribution < -0.4 is 9.47 Å². The third kappa shape index (κ3) is 3.29. The number of carbonyl (C=O) groups is 2. The summed E-state index contributed by atoms with van der Waals surface area (Å²) >= 11 is 5.92. The molecule has 1 heterocycles. The van der Waals surface area contributed by atoms with Crippen molar-refractivity contribution in [3.8, 4) is 11.5 Å². The monoisotopic (exact) mass is 332 g/mol. The summed E-state index contributed by atoms with van der Waals surface area (Å²) in [6.45, 7) is 0. The second-order valence-electron chi connectivity index (χ2n) is 5.00. The van der Waals surface area contributed by atoms with Crippen LogP contribution in [-0.2, 0) is 16.0 Å². The molecule has 0 N–H and O–H groups in total. The first-order valence-electron chi connectivity index (χ1n) is 6.92. The Balaban J connectivity index is 1.65. The summed E-state index contributed by atoms with van der Waals surface area (Å²) in [7, 11) is 1.30. The van der Waals surface area contributed by atoms with Crippen molar-refractivity contribution in [1.29, 1.82) is 0 Å². The van der Waals surface area contributed by atoms with E-state index < -0.39 is 18.0 Å². The van der Waals surface area contributed by atoms with Crippen LogP contribution in [0.3, 0.4) is 0 Å². The number of ether oxygens (including phenoxy) is 3. The molecule has 1 aliphatic rings. The van der Waals surface area contributed by atoms with Gasteiger partial charge in [0.15, 0.2) is 6.10 Å². The molecule has 0 saturated carbocycles. The van der Waals surface area contributed by atoms with E-state index in [2.05, 4.69) is 4.74 Å². The number of carbonyl (C=O) groups excluding carboxylic acids is 2. The molecule has 3 rings (SSSR count). The summed E-state index contributed by atoms with van der Waals surface area (Å²) in [5, 5.41) is 0.597. The summed E-state index contributed by atoms with van der Waals surface area (Å²) in [6.07, 6.45) is -0.293. The van der Waals surface area contributed by atoms with Gasteiger partial charge in [-0.3, -0.25) is 0 Å². The Morgan fingerprint density at radius 2 is 1.91 bits per heavy atom. The zero-order chi connectivity index (χ0) is 16.4. The van der Waals surface area contributed by atoms with E-state index in [0.717, 1.165) is 5.56 Å². The van der Waals surface area contributed by atoms with E-state index in [9.17, 15) is 9.59 Å². The molecule has 1 atom stereocenters. The van der Waals surface area contributed by atoms with E-state index in [4.69, 9.17) is 21.1 Å². The normalized spacial score (nSPS) is 15.5. The quantitative estimate of drug-likeness (QED) is 0.638. The highest BCUT2D eigenvalue weighted by Gasteiger charge is 2.31. The van der Waals surface area contributed by atoms with Crippen LogP contribution in [0.2, 0.25) is 5.02 Å². The van der Waals surface area contributed by atoms with Crippen LogP contribution in [0.4, 0.5) is 0 Å². The van der Waals surface area contributed by atoms with Crippen molar-refractivity contribution in [3.63, 3.8) is 0 Å². The van der Waals surface area contributed by atoms with Crippen molar-refractivity contribution in [2.24, 2.45) is 0 Å². The summed E-state index contributed by atoms with van der Waals surface area (Å²) in [4.78, 5) is 23.5. The highest BCUT2D eigenvalue weighted by atomic mass is 35.5. The predicted octanol–water partition coefficient (Wildman–Crippen LogP) is 3.04. The Labute approximate surface area is 137 Å². The first kappa shape index (κ1) is 15.4. The van der Waals surface area contributed by atoms with Crippen molar-refractivity contribution < 1.29 is 23.8 Å². The molecule has 0 radical (unpaired) electrons. The number of fused-ring (bicyclic) bond motifs is 1. The molecule has 23 heavy (non-hydrogen) atoms. The van der Waals surface area contributed by atoms with Gasteiger partial charge in [-0.15, -0.1) is 0 Å². The third-order valence-corrected chi connectivity index (χ3v) is 3.69. The van der Waals surface area contributed by atoms with E-state index in [1.54, 1.807) is 18.2 Å². The van der Waals surface area contributed by atoms with Gasteiger partial charge >= 0.3 is 11.9 Å². The lowest BCUT2D eigenvalue weighted by molar-refractivity contribution is -0.141. The van der Waals surface area contributed by atoms with Gasteiger partial charge < -0.3 is 14.2 Å². The fourth-order valence-electron chi connectivity index (χ4n) is 2.31. The number of halogens is 1. The van der Waals surface area contributed by atoms with E-state index in [-0.39, 0.29) is 0 Å². The standard InChI is InChI=1S/C17H13ClO5/c1-21-16(19)10-2-5-13(6-3-10)22-17(20)15-9-11-8-12(18)4-7-14(11)23-15/h2-8,15H,9H2,1H3. The second-order valence-corrected chi connectivity index (χ2v) is 5.44. The molecule has 1 aliphatic heterocycles. The molecule has 5 nitrogen and oxygen atoms in total. The van der Waals surface area contributed by atoms with Gasteiger partial charge in [0, 0.05) is 11.4 Å². The average Bonchev–Trinajstić information content (AvgIpc) is 2.98. The molecule has 118 valence electrons. The van der Waals surface area contributed by atoms with Crippen LogP contribution in [0.5, 0.6) is 11.5 Å². The first-order chi connectivity index (χ1) is 11.1. The number of methoxy groups -OCH3 is 1. The zero-order valence-electron chi connectivity index (χ0n) is 12.2. The summed E-state index contributed by atoms with van der Waals surface area (Å²) in [5.74, 6) is 0.0232. The molecule has 6 heteroatoms. The highest BCUT2D eigenvalue weighted by molar-refractivity contribution is 6.30. The summed E-state index contributed by atoms with van der Waals surface area (Å²) in [6, 6.07) is 11.3. The molecule has 0 amide bonds. The van der Waals surface area contributed by atoms with Gasteiger partial charge in [0.05, 0.1) is 12.7 Å². The second kappa shape index (κ2) is 6.30. The zero-order valence-corrected chi connectivity index (χ0v) is 13.0. The maximum absolute atomic E-state index is 12.2. The fraction of sp³-hybridized carbons (Fsp3) is 0.176. The Morgan fingerprint density at radius 3 is 2.61 bits per heavy atom. The third-order valence-electron chi connectivity index (χ3n) is 3.45. The lowest BCUT2D eigenvalue weighted by Gasteiger charge is -2.10. The first-order valence-corrected chi connectivity index (χ1v) is 7.30. The molecule has 0 aromatic heterocycles. The molecule has 0 bridgehead atoms. The van der Waals surface area contributed by atoms with Crippen molar-refractivity contribution in [1.82, 2.24) is 0 Å². The van der Waals surface area contributed by atoms with Gasteiger partial charge in [-0.2, -0.15) is 0 Å². The molecular weight excluding hydrogens is 320 g/mol. The molecule has 0 aliphatic carbocycles. The minimum atomic E-state index is -0.705. The van der Waals surface area contributed by atoms with E-state index >= 15 is 0 Å². The van der Waals surface area contributed by atoms with Crippen molar-refractivity contribution >= 4 is 23.5 Å². The summed E-state index contributed by atoms with van der Waals surface area (Å²) in [5.41, 5.74) is 1.26. The molecule has 0 saturated heterocycles. The van der Waals surface area contributed by atoms with Crippen LogP contribution >= 0.6 is 11.6 Å². The van der Waals surface area contributed by atoms with Crippen molar-refractivity contribution in [2.75, 3.05) is 7.11 Å². The van der Waals surface area contributed by atoms with Gasteiger partial charge in [-0.1, -0.05) is 11.6 Å². The highest BCUT2D eigenvalue weighted by Crippen LogP contribution is 2.31. The Hall–Kier alpha value is -2.53. The van der Waals surface area contributed by atoms with Gasteiger partial charge in [-0.05, 0) is 48.0 Å². The van der Waals surface area contributed by atoms with E-state index in [0.29, 0.717) is 28.5 Å². The topological polar surface area (TPSA) is 61.8 Å². The van der Waals surface area contributed by atoms with Crippen LogP contribution in [0.25, 0.3) is 0 Å². The maximum Gasteiger partial charge on any atom is 0.353 e. The fourth-order valence-corrected chi connectivity index (χ4v) is 2.50. The molecule has 0 spiro atoms. The predicted molar refractivity (Wildman–Crippen MR) is 83.0 cm³/mol. The molecule has 2 aromatic carbocycles. The Kier molecular flexibility index (Phi) is 4.21. The van der Waals surface area contributed by atoms with Crippen LogP contribution in [0, 0.1) is 0 Å². The number of hydrogen-bond donors (Lipinski definition) is 0. The van der Waals surface area contributed by atoms with Crippen LogP contribution in [-0.4, -0.2) is 25.2 Å². The van der Waals surface area contributed by atoms with Crippen molar-refractivity contribution in [2.45, 2.75) is 12.5 Å². The molecular formula is C17H13ClO5. The van der Waals surface area contributed by atoms with Gasteiger partial charge in [0.1, 0.15) is 11.5 Å². The number of benzene rings is 2. The van der Waals surface area contributed by atoms with Gasteiger partial charge in [0.2, 0.25) is 0 Å².